The van der Waals surface area contributed by atoms with Crippen molar-refractivity contribution in [2.24, 2.45) is 0 Å². The normalized spacial score (nSPS) is 28.0. The zero-order chi connectivity index (χ0) is 14.1. The van der Waals surface area contributed by atoms with Crippen LogP contribution in [0, 0.1) is 0 Å². The average molecular weight is 334 g/mol. The largest absolute Gasteiger partial charge is 0.353 e. The lowest BCUT2D eigenvalue weighted by molar-refractivity contribution is -0.123. The Bertz CT molecular complexity index is 461. The van der Waals surface area contributed by atoms with Crippen molar-refractivity contribution in [1.82, 2.24) is 14.9 Å². The first-order valence-electron chi connectivity index (χ1n) is 6.17. The molecule has 0 bridgehead atoms. The second kappa shape index (κ2) is 6.50. The lowest BCUT2D eigenvalue weighted by Crippen LogP contribution is -2.43. The number of sulfonamides is 1. The molecule has 2 aliphatic heterocycles. The first-order valence-corrected chi connectivity index (χ1v) is 7.78. The van der Waals surface area contributed by atoms with Crippen LogP contribution in [0.4, 0.5) is 8.78 Å². The maximum absolute atomic E-state index is 12.9. The van der Waals surface area contributed by atoms with Gasteiger partial charge in [-0.15, -0.1) is 12.4 Å². The van der Waals surface area contributed by atoms with Gasteiger partial charge in [0.2, 0.25) is 15.9 Å². The van der Waals surface area contributed by atoms with E-state index in [4.69, 9.17) is 0 Å². The Balaban J connectivity index is 0.00000200. The molecule has 0 aromatic rings. The molecule has 0 radical (unpaired) electrons. The van der Waals surface area contributed by atoms with Crippen LogP contribution >= 0.6 is 12.4 Å². The summed E-state index contributed by atoms with van der Waals surface area (Å²) in [5, 5.41) is 4.93. The van der Waals surface area contributed by atoms with Crippen LogP contribution in [0.5, 0.6) is 0 Å². The van der Waals surface area contributed by atoms with Crippen molar-refractivity contribution < 1.29 is 22.0 Å². The smallest absolute Gasteiger partial charge is 0.262 e. The van der Waals surface area contributed by atoms with Crippen LogP contribution in [-0.2, 0) is 14.8 Å². The van der Waals surface area contributed by atoms with Crippen LogP contribution in [0.25, 0.3) is 0 Å². The molecule has 2 N–H and O–H groups in total. The van der Waals surface area contributed by atoms with E-state index in [1.807, 2.05) is 0 Å². The molecule has 1 atom stereocenters. The van der Waals surface area contributed by atoms with Crippen molar-refractivity contribution >= 4 is 28.3 Å². The van der Waals surface area contributed by atoms with Gasteiger partial charge in [-0.2, -0.15) is 0 Å². The Morgan fingerprint density at radius 1 is 1.45 bits per heavy atom. The maximum atomic E-state index is 12.9. The second-order valence-corrected chi connectivity index (χ2v) is 6.94. The zero-order valence-corrected chi connectivity index (χ0v) is 12.4. The summed E-state index contributed by atoms with van der Waals surface area (Å²) in [5.41, 5.74) is 0. The van der Waals surface area contributed by atoms with Crippen molar-refractivity contribution in [2.75, 3.05) is 31.9 Å². The minimum atomic E-state index is -3.18. The number of nitrogens with zero attached hydrogens (tertiary/aromatic N) is 1. The molecule has 0 aromatic carbocycles. The highest BCUT2D eigenvalue weighted by Crippen LogP contribution is 2.24. The standard InChI is InChI=1S/C10H17F2N3O3S.ClH/c11-10(12)6-8(14-7-10)9(16)13-2-4-15-3-1-5-19(15,17)18;/h8,14H,1-7H2,(H,13,16);1H. The van der Waals surface area contributed by atoms with E-state index in [1.54, 1.807) is 0 Å². The fraction of sp³-hybridized carbons (Fsp3) is 0.900. The van der Waals surface area contributed by atoms with Crippen LogP contribution in [0.15, 0.2) is 0 Å². The molecule has 1 amide bonds. The fourth-order valence-electron chi connectivity index (χ4n) is 2.27. The molecule has 6 nitrogen and oxygen atoms in total. The summed E-state index contributed by atoms with van der Waals surface area (Å²) in [6, 6.07) is -0.898. The fourth-order valence-corrected chi connectivity index (χ4v) is 3.80. The molecule has 2 rings (SSSR count). The summed E-state index contributed by atoms with van der Waals surface area (Å²) in [6.45, 7) is 0.294. The van der Waals surface area contributed by atoms with Gasteiger partial charge in [-0.25, -0.2) is 21.5 Å². The number of alkyl halides is 2. The van der Waals surface area contributed by atoms with Gasteiger partial charge in [0, 0.05) is 26.1 Å². The van der Waals surface area contributed by atoms with Crippen molar-refractivity contribution in [1.29, 1.82) is 0 Å². The van der Waals surface area contributed by atoms with E-state index < -0.39 is 40.9 Å². The van der Waals surface area contributed by atoms with Crippen LogP contribution < -0.4 is 10.6 Å². The number of rotatable bonds is 4. The zero-order valence-electron chi connectivity index (χ0n) is 10.8. The Hall–Kier alpha value is -0.510. The third kappa shape index (κ3) is 4.24. The van der Waals surface area contributed by atoms with Gasteiger partial charge < -0.3 is 5.32 Å². The summed E-state index contributed by atoms with van der Waals surface area (Å²) in [4.78, 5) is 11.6. The van der Waals surface area contributed by atoms with Gasteiger partial charge in [-0.1, -0.05) is 0 Å². The Morgan fingerprint density at radius 2 is 2.15 bits per heavy atom. The van der Waals surface area contributed by atoms with Crippen LogP contribution in [0.1, 0.15) is 12.8 Å². The van der Waals surface area contributed by atoms with Crippen molar-refractivity contribution in [3.63, 3.8) is 0 Å². The van der Waals surface area contributed by atoms with Crippen molar-refractivity contribution in [3.8, 4) is 0 Å². The highest BCUT2D eigenvalue weighted by Gasteiger charge is 2.42. The molecule has 2 heterocycles. The van der Waals surface area contributed by atoms with Gasteiger partial charge >= 0.3 is 0 Å². The van der Waals surface area contributed by atoms with Gasteiger partial charge in [-0.05, 0) is 6.42 Å². The molecular weight excluding hydrogens is 316 g/mol. The molecule has 0 aliphatic carbocycles. The van der Waals surface area contributed by atoms with E-state index >= 15 is 0 Å². The third-order valence-corrected chi connectivity index (χ3v) is 5.25. The summed E-state index contributed by atoms with van der Waals surface area (Å²) < 4.78 is 50.1. The number of halogens is 3. The van der Waals surface area contributed by atoms with E-state index in [9.17, 15) is 22.0 Å². The molecule has 0 saturated carbocycles. The van der Waals surface area contributed by atoms with Crippen LogP contribution in [0.3, 0.4) is 0 Å². The SMILES string of the molecule is Cl.O=C(NCCN1CCCS1(=O)=O)C1CC(F)(F)CN1. The number of carbonyl (C=O) groups is 1. The number of hydrogen-bond acceptors (Lipinski definition) is 4. The molecular formula is C10H18ClF2N3O3S. The molecule has 2 aliphatic rings. The third-order valence-electron chi connectivity index (χ3n) is 3.29. The summed E-state index contributed by atoms with van der Waals surface area (Å²) in [6.07, 6.45) is 0.0769. The van der Waals surface area contributed by atoms with Crippen LogP contribution in [-0.4, -0.2) is 62.5 Å². The summed E-state index contributed by atoms with van der Waals surface area (Å²) in [5.74, 6) is -3.22. The summed E-state index contributed by atoms with van der Waals surface area (Å²) >= 11 is 0. The number of nitrogens with one attached hydrogen (secondary N) is 2. The Morgan fingerprint density at radius 3 is 2.65 bits per heavy atom. The molecule has 10 heteroatoms. The van der Waals surface area contributed by atoms with Gasteiger partial charge in [0.05, 0.1) is 18.3 Å². The monoisotopic (exact) mass is 333 g/mol. The minimum absolute atomic E-state index is 0. The van der Waals surface area contributed by atoms with Gasteiger partial charge in [-0.3, -0.25) is 10.1 Å². The minimum Gasteiger partial charge on any atom is -0.353 e. The Kier molecular flexibility index (Phi) is 5.70. The summed E-state index contributed by atoms with van der Waals surface area (Å²) in [7, 11) is -3.18. The molecule has 118 valence electrons. The quantitative estimate of drug-likeness (QED) is 0.731. The molecule has 20 heavy (non-hydrogen) atoms. The predicted octanol–water partition coefficient (Wildman–Crippen LogP) is -0.443. The number of carbonyl (C=O) groups excluding carboxylic acids is 1. The number of hydrogen-bond donors (Lipinski definition) is 2. The van der Waals surface area contributed by atoms with Gasteiger partial charge in [0.15, 0.2) is 0 Å². The van der Waals surface area contributed by atoms with E-state index in [2.05, 4.69) is 10.6 Å². The topological polar surface area (TPSA) is 78.5 Å². The van der Waals surface area contributed by atoms with E-state index in [0.29, 0.717) is 13.0 Å². The predicted molar refractivity (Wildman–Crippen MR) is 71.6 cm³/mol. The molecule has 0 spiro atoms. The first-order chi connectivity index (χ1) is 8.80. The first kappa shape index (κ1) is 17.5. The average Bonchev–Trinajstić information content (AvgIpc) is 2.82. The van der Waals surface area contributed by atoms with E-state index in [-0.39, 0.29) is 31.2 Å². The van der Waals surface area contributed by atoms with E-state index in [1.165, 1.54) is 4.31 Å². The van der Waals surface area contributed by atoms with Gasteiger partial charge in [0.1, 0.15) is 0 Å². The molecule has 1 unspecified atom stereocenters. The lowest BCUT2D eigenvalue weighted by Gasteiger charge is -2.16. The number of amides is 1. The van der Waals surface area contributed by atoms with E-state index in [0.717, 1.165) is 0 Å². The molecule has 2 fully saturated rings. The maximum Gasteiger partial charge on any atom is 0.262 e. The highest BCUT2D eigenvalue weighted by molar-refractivity contribution is 7.89. The van der Waals surface area contributed by atoms with Crippen molar-refractivity contribution in [3.05, 3.63) is 0 Å². The lowest BCUT2D eigenvalue weighted by atomic mass is 10.2. The molecule has 2 saturated heterocycles. The Labute approximate surface area is 122 Å². The second-order valence-electron chi connectivity index (χ2n) is 4.85. The van der Waals surface area contributed by atoms with Crippen LogP contribution in [0.2, 0.25) is 0 Å². The van der Waals surface area contributed by atoms with Crippen molar-refractivity contribution in [2.45, 2.75) is 24.8 Å². The highest BCUT2D eigenvalue weighted by atomic mass is 35.5. The molecule has 0 aromatic heterocycles. The van der Waals surface area contributed by atoms with Gasteiger partial charge in [0.25, 0.3) is 5.92 Å².